The van der Waals surface area contributed by atoms with Gasteiger partial charge in [-0.05, 0) is 56.3 Å². The van der Waals surface area contributed by atoms with E-state index >= 15 is 0 Å². The Morgan fingerprint density at radius 1 is 1.14 bits per heavy atom. The molecule has 0 aromatic heterocycles. The Bertz CT molecular complexity index is 761. The van der Waals surface area contributed by atoms with Gasteiger partial charge in [0.15, 0.2) is 0 Å². The van der Waals surface area contributed by atoms with Crippen molar-refractivity contribution in [3.8, 4) is 5.75 Å². The molecule has 0 unspecified atom stereocenters. The molecule has 0 fully saturated rings. The van der Waals surface area contributed by atoms with Crippen LogP contribution in [0.5, 0.6) is 5.75 Å². The van der Waals surface area contributed by atoms with Crippen LogP contribution in [0.4, 0.5) is 10.1 Å². The van der Waals surface area contributed by atoms with Gasteiger partial charge in [0, 0.05) is 0 Å². The third-order valence-corrected chi connectivity index (χ3v) is 4.36. The summed E-state index contributed by atoms with van der Waals surface area (Å²) in [5.74, 6) is -0.0291. The maximum atomic E-state index is 13.1. The fourth-order valence-corrected chi connectivity index (χ4v) is 2.97. The Kier molecular flexibility index (Phi) is 4.93. The van der Waals surface area contributed by atoms with E-state index in [4.69, 9.17) is 16.3 Å². The smallest absolute Gasteiger partial charge is 0.261 e. The standard InChI is InChI=1S/C15H15ClFNO3S/c1-10(2)21-12-4-6-13(7-5-12)22(19,20)18-11-3-8-15(17)14(16)9-11/h3-10,18H,1-2H3. The molecule has 0 aliphatic heterocycles. The summed E-state index contributed by atoms with van der Waals surface area (Å²) in [6.45, 7) is 3.76. The summed E-state index contributed by atoms with van der Waals surface area (Å²) in [5.41, 5.74) is 0.189. The van der Waals surface area contributed by atoms with Crippen molar-refractivity contribution in [3.05, 3.63) is 53.3 Å². The lowest BCUT2D eigenvalue weighted by molar-refractivity contribution is 0.242. The number of sulfonamides is 1. The van der Waals surface area contributed by atoms with Gasteiger partial charge in [0.05, 0.1) is 21.7 Å². The summed E-state index contributed by atoms with van der Waals surface area (Å²) in [6.07, 6.45) is 0.00180. The van der Waals surface area contributed by atoms with Gasteiger partial charge < -0.3 is 4.74 Å². The summed E-state index contributed by atoms with van der Waals surface area (Å²) in [6, 6.07) is 9.63. The fraction of sp³-hybridized carbons (Fsp3) is 0.200. The zero-order valence-electron chi connectivity index (χ0n) is 12.0. The molecule has 7 heteroatoms. The number of benzene rings is 2. The van der Waals surface area contributed by atoms with Gasteiger partial charge in [-0.2, -0.15) is 0 Å². The molecule has 2 rings (SSSR count). The van der Waals surface area contributed by atoms with Crippen molar-refractivity contribution in [1.29, 1.82) is 0 Å². The predicted molar refractivity (Wildman–Crippen MR) is 84.4 cm³/mol. The molecule has 0 heterocycles. The Hall–Kier alpha value is -1.79. The summed E-state index contributed by atoms with van der Waals surface area (Å²) < 4.78 is 45.4. The normalized spacial score (nSPS) is 11.5. The molecular formula is C15H15ClFNO3S. The number of ether oxygens (including phenoxy) is 1. The van der Waals surface area contributed by atoms with Crippen molar-refractivity contribution in [2.24, 2.45) is 0 Å². The number of nitrogens with one attached hydrogen (secondary N) is 1. The van der Waals surface area contributed by atoms with E-state index in [2.05, 4.69) is 4.72 Å². The molecule has 0 aliphatic rings. The predicted octanol–water partition coefficient (Wildman–Crippen LogP) is 4.07. The second kappa shape index (κ2) is 6.54. The Labute approximate surface area is 133 Å². The van der Waals surface area contributed by atoms with Crippen LogP contribution in [-0.2, 0) is 10.0 Å². The molecule has 2 aromatic rings. The molecule has 0 atom stereocenters. The van der Waals surface area contributed by atoms with Crippen molar-refractivity contribution in [2.75, 3.05) is 4.72 Å². The molecule has 0 spiro atoms. The van der Waals surface area contributed by atoms with Crippen LogP contribution in [0.2, 0.25) is 5.02 Å². The van der Waals surface area contributed by atoms with E-state index < -0.39 is 15.8 Å². The third kappa shape index (κ3) is 4.11. The van der Waals surface area contributed by atoms with E-state index in [1.54, 1.807) is 12.1 Å². The van der Waals surface area contributed by atoms with Crippen LogP contribution in [0.15, 0.2) is 47.4 Å². The first kappa shape index (κ1) is 16.6. The Morgan fingerprint density at radius 2 is 1.77 bits per heavy atom. The average Bonchev–Trinajstić information content (AvgIpc) is 2.42. The summed E-state index contributed by atoms with van der Waals surface area (Å²) in [4.78, 5) is 0.0732. The Morgan fingerprint density at radius 3 is 2.32 bits per heavy atom. The van der Waals surface area contributed by atoms with Gasteiger partial charge in [-0.1, -0.05) is 11.6 Å². The largest absolute Gasteiger partial charge is 0.491 e. The highest BCUT2D eigenvalue weighted by Crippen LogP contribution is 2.23. The molecule has 0 bridgehead atoms. The number of anilines is 1. The van der Waals surface area contributed by atoms with E-state index in [1.165, 1.54) is 24.3 Å². The summed E-state index contributed by atoms with van der Waals surface area (Å²) >= 11 is 5.63. The zero-order chi connectivity index (χ0) is 16.3. The van der Waals surface area contributed by atoms with Crippen LogP contribution in [-0.4, -0.2) is 14.5 Å². The highest BCUT2D eigenvalue weighted by Gasteiger charge is 2.15. The van der Waals surface area contributed by atoms with Gasteiger partial charge in [-0.25, -0.2) is 12.8 Å². The lowest BCUT2D eigenvalue weighted by Gasteiger charge is -2.11. The monoisotopic (exact) mass is 343 g/mol. The summed E-state index contributed by atoms with van der Waals surface area (Å²) in [7, 11) is -3.77. The number of hydrogen-bond acceptors (Lipinski definition) is 3. The summed E-state index contributed by atoms with van der Waals surface area (Å²) in [5, 5.41) is -0.152. The third-order valence-electron chi connectivity index (χ3n) is 2.68. The molecule has 0 saturated carbocycles. The molecule has 1 N–H and O–H groups in total. The van der Waals surface area contributed by atoms with E-state index in [0.29, 0.717) is 5.75 Å². The van der Waals surface area contributed by atoms with E-state index in [9.17, 15) is 12.8 Å². The molecule has 118 valence electrons. The average molecular weight is 344 g/mol. The van der Waals surface area contributed by atoms with Crippen LogP contribution < -0.4 is 9.46 Å². The minimum atomic E-state index is -3.77. The fourth-order valence-electron chi connectivity index (χ4n) is 1.74. The molecule has 0 amide bonds. The van der Waals surface area contributed by atoms with E-state index in [0.717, 1.165) is 6.07 Å². The first-order chi connectivity index (χ1) is 10.3. The maximum absolute atomic E-state index is 13.1. The number of halogens is 2. The molecule has 22 heavy (non-hydrogen) atoms. The lowest BCUT2D eigenvalue weighted by Crippen LogP contribution is -2.13. The van der Waals surface area contributed by atoms with Crippen LogP contribution in [0.1, 0.15) is 13.8 Å². The van der Waals surface area contributed by atoms with Crippen LogP contribution in [0.25, 0.3) is 0 Å². The minimum Gasteiger partial charge on any atom is -0.491 e. The SMILES string of the molecule is CC(C)Oc1ccc(S(=O)(=O)Nc2ccc(F)c(Cl)c2)cc1. The van der Waals surface area contributed by atoms with Gasteiger partial charge in [0.25, 0.3) is 10.0 Å². The molecule has 4 nitrogen and oxygen atoms in total. The van der Waals surface area contributed by atoms with Gasteiger partial charge >= 0.3 is 0 Å². The number of rotatable bonds is 5. The zero-order valence-corrected chi connectivity index (χ0v) is 13.6. The van der Waals surface area contributed by atoms with Crippen LogP contribution in [0, 0.1) is 5.82 Å². The Balaban J connectivity index is 2.20. The van der Waals surface area contributed by atoms with Crippen LogP contribution >= 0.6 is 11.6 Å². The first-order valence-corrected chi connectivity index (χ1v) is 8.38. The van der Waals surface area contributed by atoms with Gasteiger partial charge in [0.1, 0.15) is 11.6 Å². The van der Waals surface area contributed by atoms with E-state index in [1.807, 2.05) is 13.8 Å². The lowest BCUT2D eigenvalue weighted by atomic mass is 10.3. The van der Waals surface area contributed by atoms with Crippen molar-refractivity contribution in [3.63, 3.8) is 0 Å². The minimum absolute atomic E-state index is 0.00180. The molecular weight excluding hydrogens is 329 g/mol. The van der Waals surface area contributed by atoms with Gasteiger partial charge in [0.2, 0.25) is 0 Å². The van der Waals surface area contributed by atoms with E-state index in [-0.39, 0.29) is 21.7 Å². The topological polar surface area (TPSA) is 55.4 Å². The van der Waals surface area contributed by atoms with Crippen molar-refractivity contribution >= 4 is 27.3 Å². The van der Waals surface area contributed by atoms with Crippen molar-refractivity contribution in [2.45, 2.75) is 24.8 Å². The second-order valence-electron chi connectivity index (χ2n) is 4.87. The highest BCUT2D eigenvalue weighted by atomic mass is 35.5. The van der Waals surface area contributed by atoms with Crippen molar-refractivity contribution in [1.82, 2.24) is 0 Å². The van der Waals surface area contributed by atoms with Gasteiger partial charge in [-0.3, -0.25) is 4.72 Å². The maximum Gasteiger partial charge on any atom is 0.261 e. The first-order valence-electron chi connectivity index (χ1n) is 6.52. The molecule has 0 radical (unpaired) electrons. The highest BCUT2D eigenvalue weighted by molar-refractivity contribution is 7.92. The second-order valence-corrected chi connectivity index (χ2v) is 6.96. The molecule has 2 aromatic carbocycles. The molecule has 0 aliphatic carbocycles. The van der Waals surface area contributed by atoms with Crippen molar-refractivity contribution < 1.29 is 17.5 Å². The quantitative estimate of drug-likeness (QED) is 0.890. The number of hydrogen-bond donors (Lipinski definition) is 1. The van der Waals surface area contributed by atoms with Gasteiger partial charge in [-0.15, -0.1) is 0 Å². The molecule has 0 saturated heterocycles. The van der Waals surface area contributed by atoms with Crippen LogP contribution in [0.3, 0.4) is 0 Å².